The molecule has 0 aliphatic heterocycles. The summed E-state index contributed by atoms with van der Waals surface area (Å²) in [6, 6.07) is 7.07. The Morgan fingerprint density at radius 2 is 2.00 bits per heavy atom. The molecule has 0 unspecified atom stereocenters. The molecule has 2 N–H and O–H groups in total. The molecule has 24 heavy (non-hydrogen) atoms. The van der Waals surface area contributed by atoms with Crippen LogP contribution in [0.15, 0.2) is 46.8 Å². The molecule has 0 spiro atoms. The summed E-state index contributed by atoms with van der Waals surface area (Å²) in [4.78, 5) is 40.0. The van der Waals surface area contributed by atoms with Gasteiger partial charge in [0.25, 0.3) is 11.5 Å². The van der Waals surface area contributed by atoms with Crippen molar-refractivity contribution in [2.45, 2.75) is 13.5 Å². The standard InChI is InChI=1S/C16H14N4O3S/c1-10(21)19-12-4-2-11(3-5-12)8-17-14(22)13-9-18-16-20(15(13)23)6-7-24-16/h2-7,9H,8H2,1H3,(H,17,22)(H,19,21). The number of hydrogen-bond acceptors (Lipinski definition) is 5. The average molecular weight is 342 g/mol. The topological polar surface area (TPSA) is 92.6 Å². The molecular formula is C16H14N4O3S. The van der Waals surface area contributed by atoms with E-state index in [4.69, 9.17) is 0 Å². The number of carbonyl (C=O) groups is 2. The average Bonchev–Trinajstić information content (AvgIpc) is 3.03. The van der Waals surface area contributed by atoms with Gasteiger partial charge in [-0.1, -0.05) is 12.1 Å². The first kappa shape index (κ1) is 15.9. The van der Waals surface area contributed by atoms with Gasteiger partial charge in [-0.3, -0.25) is 18.8 Å². The molecule has 122 valence electrons. The Labute approximate surface area is 141 Å². The predicted molar refractivity (Wildman–Crippen MR) is 91.3 cm³/mol. The molecule has 0 fully saturated rings. The van der Waals surface area contributed by atoms with Crippen LogP contribution in [-0.2, 0) is 11.3 Å². The van der Waals surface area contributed by atoms with Gasteiger partial charge in [0.15, 0.2) is 4.96 Å². The van der Waals surface area contributed by atoms with Gasteiger partial charge in [-0.15, -0.1) is 11.3 Å². The summed E-state index contributed by atoms with van der Waals surface area (Å²) < 4.78 is 1.35. The van der Waals surface area contributed by atoms with Gasteiger partial charge in [-0.2, -0.15) is 0 Å². The largest absolute Gasteiger partial charge is 0.348 e. The third kappa shape index (κ3) is 3.33. The van der Waals surface area contributed by atoms with Crippen molar-refractivity contribution in [3.8, 4) is 0 Å². The molecule has 2 amide bonds. The quantitative estimate of drug-likeness (QED) is 0.754. The maximum Gasteiger partial charge on any atom is 0.271 e. The molecule has 2 aromatic heterocycles. The zero-order valence-corrected chi connectivity index (χ0v) is 13.6. The first-order chi connectivity index (χ1) is 11.5. The van der Waals surface area contributed by atoms with Crippen LogP contribution in [0, 0.1) is 0 Å². The summed E-state index contributed by atoms with van der Waals surface area (Å²) in [5.41, 5.74) is 1.14. The molecule has 7 nitrogen and oxygen atoms in total. The van der Waals surface area contributed by atoms with Crippen molar-refractivity contribution in [2.75, 3.05) is 5.32 Å². The molecule has 3 rings (SSSR count). The number of carbonyl (C=O) groups excluding carboxylic acids is 2. The van der Waals surface area contributed by atoms with Crippen LogP contribution < -0.4 is 16.2 Å². The monoisotopic (exact) mass is 342 g/mol. The van der Waals surface area contributed by atoms with Crippen molar-refractivity contribution in [1.82, 2.24) is 14.7 Å². The van der Waals surface area contributed by atoms with Gasteiger partial charge in [-0.05, 0) is 17.7 Å². The lowest BCUT2D eigenvalue weighted by molar-refractivity contribution is -0.114. The van der Waals surface area contributed by atoms with Crippen molar-refractivity contribution >= 4 is 33.8 Å². The lowest BCUT2D eigenvalue weighted by atomic mass is 10.2. The van der Waals surface area contributed by atoms with Crippen LogP contribution in [0.4, 0.5) is 5.69 Å². The zero-order chi connectivity index (χ0) is 17.1. The van der Waals surface area contributed by atoms with Crippen molar-refractivity contribution in [2.24, 2.45) is 0 Å². The molecule has 0 atom stereocenters. The van der Waals surface area contributed by atoms with E-state index in [9.17, 15) is 14.4 Å². The van der Waals surface area contributed by atoms with Gasteiger partial charge >= 0.3 is 0 Å². The predicted octanol–water partition coefficient (Wildman–Crippen LogP) is 1.64. The van der Waals surface area contributed by atoms with Crippen LogP contribution in [0.25, 0.3) is 4.96 Å². The van der Waals surface area contributed by atoms with E-state index >= 15 is 0 Å². The highest BCUT2D eigenvalue weighted by Gasteiger charge is 2.13. The van der Waals surface area contributed by atoms with Gasteiger partial charge in [-0.25, -0.2) is 4.98 Å². The Hall–Kier alpha value is -3.00. The third-order valence-corrected chi connectivity index (χ3v) is 4.09. The Morgan fingerprint density at radius 1 is 1.25 bits per heavy atom. The molecule has 0 aliphatic carbocycles. The van der Waals surface area contributed by atoms with Crippen LogP contribution in [0.5, 0.6) is 0 Å². The SMILES string of the molecule is CC(=O)Nc1ccc(CNC(=O)c2cnc3sccn3c2=O)cc1. The molecule has 8 heteroatoms. The highest BCUT2D eigenvalue weighted by atomic mass is 32.1. The Kier molecular flexibility index (Phi) is 4.39. The Morgan fingerprint density at radius 3 is 2.71 bits per heavy atom. The third-order valence-electron chi connectivity index (χ3n) is 3.31. The molecule has 0 saturated carbocycles. The number of aromatic nitrogens is 2. The van der Waals surface area contributed by atoms with E-state index < -0.39 is 5.91 Å². The summed E-state index contributed by atoms with van der Waals surface area (Å²) in [7, 11) is 0. The van der Waals surface area contributed by atoms with Crippen LogP contribution >= 0.6 is 11.3 Å². The maximum atomic E-state index is 12.2. The molecule has 0 radical (unpaired) electrons. The zero-order valence-electron chi connectivity index (χ0n) is 12.8. The normalized spacial score (nSPS) is 10.5. The molecule has 0 aliphatic rings. The van der Waals surface area contributed by atoms with Gasteiger partial charge < -0.3 is 10.6 Å². The number of amides is 2. The Bertz CT molecular complexity index is 959. The summed E-state index contributed by atoms with van der Waals surface area (Å²) in [5.74, 6) is -0.619. The lowest BCUT2D eigenvalue weighted by Crippen LogP contribution is -2.30. The highest BCUT2D eigenvalue weighted by molar-refractivity contribution is 7.15. The minimum absolute atomic E-state index is 0.000710. The fraction of sp³-hybridized carbons (Fsp3) is 0.125. The number of benzene rings is 1. The van der Waals surface area contributed by atoms with Gasteiger partial charge in [0.1, 0.15) is 5.56 Å². The minimum Gasteiger partial charge on any atom is -0.348 e. The second-order valence-corrected chi connectivity index (χ2v) is 5.97. The first-order valence-electron chi connectivity index (χ1n) is 7.14. The van der Waals surface area contributed by atoms with Crippen molar-refractivity contribution in [3.63, 3.8) is 0 Å². The fourth-order valence-corrected chi connectivity index (χ4v) is 2.84. The second kappa shape index (κ2) is 6.63. The van der Waals surface area contributed by atoms with E-state index in [0.717, 1.165) is 5.56 Å². The van der Waals surface area contributed by atoms with Crippen molar-refractivity contribution in [3.05, 3.63) is 63.5 Å². The van der Waals surface area contributed by atoms with Gasteiger partial charge in [0, 0.05) is 36.9 Å². The smallest absolute Gasteiger partial charge is 0.271 e. The molecule has 1 aromatic carbocycles. The minimum atomic E-state index is -0.473. The van der Waals surface area contributed by atoms with Gasteiger partial charge in [0.05, 0.1) is 0 Å². The van der Waals surface area contributed by atoms with Gasteiger partial charge in [0.2, 0.25) is 5.91 Å². The van der Waals surface area contributed by atoms with E-state index in [1.807, 2.05) is 0 Å². The van der Waals surface area contributed by atoms with E-state index in [1.54, 1.807) is 35.8 Å². The van der Waals surface area contributed by atoms with Crippen LogP contribution in [0.1, 0.15) is 22.8 Å². The van der Waals surface area contributed by atoms with E-state index in [2.05, 4.69) is 15.6 Å². The second-order valence-electron chi connectivity index (χ2n) is 5.09. The van der Waals surface area contributed by atoms with E-state index in [1.165, 1.54) is 28.9 Å². The van der Waals surface area contributed by atoms with Crippen LogP contribution in [-0.4, -0.2) is 21.2 Å². The fourth-order valence-electron chi connectivity index (χ4n) is 2.17. The molecule has 2 heterocycles. The first-order valence-corrected chi connectivity index (χ1v) is 8.02. The van der Waals surface area contributed by atoms with Crippen molar-refractivity contribution < 1.29 is 9.59 Å². The number of hydrogen-bond donors (Lipinski definition) is 2. The summed E-state index contributed by atoms with van der Waals surface area (Å²) in [6.45, 7) is 1.70. The molecule has 0 saturated heterocycles. The number of fused-ring (bicyclic) bond motifs is 1. The maximum absolute atomic E-state index is 12.2. The summed E-state index contributed by atoms with van der Waals surface area (Å²) in [6.07, 6.45) is 2.89. The molecular weight excluding hydrogens is 328 g/mol. The van der Waals surface area contributed by atoms with Crippen LogP contribution in [0.3, 0.4) is 0 Å². The van der Waals surface area contributed by atoms with Crippen LogP contribution in [0.2, 0.25) is 0 Å². The number of rotatable bonds is 4. The lowest BCUT2D eigenvalue weighted by Gasteiger charge is -2.07. The molecule has 0 bridgehead atoms. The van der Waals surface area contributed by atoms with E-state index in [0.29, 0.717) is 10.6 Å². The molecule has 3 aromatic rings. The summed E-state index contributed by atoms with van der Waals surface area (Å²) >= 11 is 1.33. The Balaban J connectivity index is 1.69. The number of nitrogens with one attached hydrogen (secondary N) is 2. The number of thiazole rings is 1. The number of nitrogens with zero attached hydrogens (tertiary/aromatic N) is 2. The summed E-state index contributed by atoms with van der Waals surface area (Å²) in [5, 5.41) is 7.10. The van der Waals surface area contributed by atoms with E-state index in [-0.39, 0.29) is 23.6 Å². The highest BCUT2D eigenvalue weighted by Crippen LogP contribution is 2.10. The van der Waals surface area contributed by atoms with Crippen molar-refractivity contribution in [1.29, 1.82) is 0 Å². The number of anilines is 1.